The number of hydrogen-bond acceptors (Lipinski definition) is 3. The molecule has 3 heteroatoms. The maximum absolute atomic E-state index is 11.3. The normalized spacial score (nSPS) is 12.4. The summed E-state index contributed by atoms with van der Waals surface area (Å²) in [6.07, 6.45) is 2.80. The molecule has 0 radical (unpaired) electrons. The van der Waals surface area contributed by atoms with Crippen molar-refractivity contribution in [3.63, 3.8) is 0 Å². The van der Waals surface area contributed by atoms with Crippen LogP contribution in [-0.2, 0) is 17.6 Å². The van der Waals surface area contributed by atoms with Gasteiger partial charge in [-0.15, -0.1) is 11.3 Å². The molecule has 0 spiro atoms. The third-order valence-electron chi connectivity index (χ3n) is 3.41. The van der Waals surface area contributed by atoms with Gasteiger partial charge >= 0.3 is 0 Å². The monoisotopic (exact) mass is 273 g/mol. The van der Waals surface area contributed by atoms with Crippen molar-refractivity contribution in [2.45, 2.75) is 39.5 Å². The number of carbonyl (C=O) groups excluding carboxylic acids is 1. The lowest BCUT2D eigenvalue weighted by Crippen LogP contribution is -2.04. The van der Waals surface area contributed by atoms with E-state index in [-0.39, 0.29) is 5.92 Å². The van der Waals surface area contributed by atoms with E-state index < -0.39 is 0 Å². The van der Waals surface area contributed by atoms with E-state index in [4.69, 9.17) is 0 Å². The lowest BCUT2D eigenvalue weighted by Gasteiger charge is -2.07. The Bertz CT molecular complexity index is 537. The summed E-state index contributed by atoms with van der Waals surface area (Å²) in [5, 5.41) is 0.935. The third-order valence-corrected chi connectivity index (χ3v) is 4.62. The van der Waals surface area contributed by atoms with Gasteiger partial charge in [0.1, 0.15) is 11.3 Å². The van der Waals surface area contributed by atoms with Crippen molar-refractivity contribution in [3.05, 3.63) is 51.0 Å². The van der Waals surface area contributed by atoms with Gasteiger partial charge in [0.05, 0.1) is 11.6 Å². The summed E-state index contributed by atoms with van der Waals surface area (Å²) in [5.74, 6) is -0.120. The highest BCUT2D eigenvalue weighted by Gasteiger charge is 2.16. The zero-order valence-corrected chi connectivity index (χ0v) is 12.5. The number of aryl methyl sites for hydroxylation is 3. The second-order valence-electron chi connectivity index (χ2n) is 4.81. The van der Waals surface area contributed by atoms with Gasteiger partial charge in [0.15, 0.2) is 0 Å². The molecule has 1 aromatic heterocycles. The van der Waals surface area contributed by atoms with Crippen molar-refractivity contribution in [3.8, 4) is 0 Å². The van der Waals surface area contributed by atoms with Gasteiger partial charge in [0.2, 0.25) is 0 Å². The summed E-state index contributed by atoms with van der Waals surface area (Å²) in [6.45, 7) is 6.19. The maximum atomic E-state index is 11.3. The van der Waals surface area contributed by atoms with E-state index >= 15 is 0 Å². The molecule has 0 N–H and O–H groups in total. The molecule has 2 rings (SSSR count). The van der Waals surface area contributed by atoms with Crippen LogP contribution in [0.15, 0.2) is 24.3 Å². The Morgan fingerprint density at radius 3 is 2.32 bits per heavy atom. The van der Waals surface area contributed by atoms with E-state index in [0.717, 1.165) is 29.8 Å². The molecule has 100 valence electrons. The molecule has 2 nitrogen and oxygen atoms in total. The first kappa shape index (κ1) is 13.9. The fourth-order valence-electron chi connectivity index (χ4n) is 2.01. The zero-order chi connectivity index (χ0) is 13.8. The zero-order valence-electron chi connectivity index (χ0n) is 11.6. The van der Waals surface area contributed by atoms with Crippen LogP contribution in [0.25, 0.3) is 0 Å². The Labute approximate surface area is 118 Å². The number of rotatable bonds is 5. The number of benzene rings is 1. The predicted molar refractivity (Wildman–Crippen MR) is 79.9 cm³/mol. The summed E-state index contributed by atoms with van der Waals surface area (Å²) >= 11 is 1.63. The Kier molecular flexibility index (Phi) is 4.48. The molecule has 0 saturated heterocycles. The summed E-state index contributed by atoms with van der Waals surface area (Å²) < 4.78 is 0. The highest BCUT2D eigenvalue weighted by atomic mass is 32.1. The van der Waals surface area contributed by atoms with Gasteiger partial charge in [-0.05, 0) is 37.8 Å². The van der Waals surface area contributed by atoms with Crippen LogP contribution in [0, 0.1) is 13.8 Å². The Hall–Kier alpha value is -1.48. The molecular weight excluding hydrogens is 254 g/mol. The summed E-state index contributed by atoms with van der Waals surface area (Å²) in [4.78, 5) is 17.0. The molecule has 0 aliphatic heterocycles. The topological polar surface area (TPSA) is 30.0 Å². The largest absolute Gasteiger partial charge is 0.303 e. The standard InChI is InChI=1S/C16H19NOS/c1-4-13-5-7-14(8-6-13)9-15(10-18)16-17-11(2)12(3)19-16/h5-8,10,15H,4,9H2,1-3H3. The number of carbonyl (C=O) groups is 1. The van der Waals surface area contributed by atoms with E-state index in [2.05, 4.69) is 43.1 Å². The number of thiazole rings is 1. The van der Waals surface area contributed by atoms with Crippen LogP contribution < -0.4 is 0 Å². The van der Waals surface area contributed by atoms with Gasteiger partial charge in [-0.2, -0.15) is 0 Å². The van der Waals surface area contributed by atoms with E-state index in [1.54, 1.807) is 11.3 Å². The molecule has 0 fully saturated rings. The minimum absolute atomic E-state index is 0.120. The van der Waals surface area contributed by atoms with Crippen LogP contribution in [0.2, 0.25) is 0 Å². The van der Waals surface area contributed by atoms with Crippen LogP contribution in [-0.4, -0.2) is 11.3 Å². The highest BCUT2D eigenvalue weighted by Crippen LogP contribution is 2.26. The van der Waals surface area contributed by atoms with Crippen molar-refractivity contribution in [1.29, 1.82) is 0 Å². The minimum Gasteiger partial charge on any atom is -0.303 e. The number of nitrogens with zero attached hydrogens (tertiary/aromatic N) is 1. The first-order valence-corrected chi connectivity index (χ1v) is 7.42. The first-order chi connectivity index (χ1) is 9.13. The minimum atomic E-state index is -0.120. The second-order valence-corrected chi connectivity index (χ2v) is 6.05. The molecule has 0 aliphatic carbocycles. The molecule has 0 aliphatic rings. The molecule has 1 aromatic carbocycles. The van der Waals surface area contributed by atoms with Crippen LogP contribution in [0.1, 0.15) is 39.5 Å². The lowest BCUT2D eigenvalue weighted by atomic mass is 10.00. The Morgan fingerprint density at radius 2 is 1.84 bits per heavy atom. The molecule has 1 atom stereocenters. The number of hydrogen-bond donors (Lipinski definition) is 0. The van der Waals surface area contributed by atoms with Gasteiger partial charge in [-0.1, -0.05) is 31.2 Å². The van der Waals surface area contributed by atoms with E-state index in [0.29, 0.717) is 0 Å². The lowest BCUT2D eigenvalue weighted by molar-refractivity contribution is -0.109. The molecular formula is C16H19NOS. The molecule has 0 saturated carbocycles. The average molecular weight is 273 g/mol. The number of aromatic nitrogens is 1. The van der Waals surface area contributed by atoms with Gasteiger partial charge in [0.25, 0.3) is 0 Å². The van der Waals surface area contributed by atoms with Gasteiger partial charge in [-0.3, -0.25) is 0 Å². The van der Waals surface area contributed by atoms with Crippen LogP contribution >= 0.6 is 11.3 Å². The highest BCUT2D eigenvalue weighted by molar-refractivity contribution is 7.11. The molecule has 0 bridgehead atoms. The van der Waals surface area contributed by atoms with Gasteiger partial charge in [0, 0.05) is 4.88 Å². The first-order valence-electron chi connectivity index (χ1n) is 6.61. The fraction of sp³-hybridized carbons (Fsp3) is 0.375. The quantitative estimate of drug-likeness (QED) is 0.775. The van der Waals surface area contributed by atoms with Crippen molar-refractivity contribution in [2.75, 3.05) is 0 Å². The predicted octanol–water partition coefficient (Wildman–Crippen LogP) is 3.85. The fourth-order valence-corrected chi connectivity index (χ4v) is 2.99. The van der Waals surface area contributed by atoms with Crippen LogP contribution in [0.3, 0.4) is 0 Å². The van der Waals surface area contributed by atoms with Crippen LogP contribution in [0.4, 0.5) is 0 Å². The summed E-state index contributed by atoms with van der Waals surface area (Å²) in [7, 11) is 0. The Morgan fingerprint density at radius 1 is 1.21 bits per heavy atom. The molecule has 2 aromatic rings. The van der Waals surface area contributed by atoms with Crippen molar-refractivity contribution >= 4 is 17.6 Å². The SMILES string of the molecule is CCc1ccc(CC(C=O)c2nc(C)c(C)s2)cc1. The number of aldehydes is 1. The van der Waals surface area contributed by atoms with Crippen LogP contribution in [0.5, 0.6) is 0 Å². The summed E-state index contributed by atoms with van der Waals surface area (Å²) in [6, 6.07) is 8.50. The van der Waals surface area contributed by atoms with Gasteiger partial charge in [-0.25, -0.2) is 4.98 Å². The third kappa shape index (κ3) is 3.29. The van der Waals surface area contributed by atoms with E-state index in [1.807, 2.05) is 6.92 Å². The molecule has 0 amide bonds. The maximum Gasteiger partial charge on any atom is 0.130 e. The molecule has 1 unspecified atom stereocenters. The average Bonchev–Trinajstić information content (AvgIpc) is 2.76. The van der Waals surface area contributed by atoms with E-state index in [1.165, 1.54) is 16.0 Å². The second kappa shape index (κ2) is 6.11. The van der Waals surface area contributed by atoms with Crippen molar-refractivity contribution in [2.24, 2.45) is 0 Å². The summed E-state index contributed by atoms with van der Waals surface area (Å²) in [5.41, 5.74) is 3.56. The van der Waals surface area contributed by atoms with Crippen molar-refractivity contribution < 1.29 is 4.79 Å². The molecule has 19 heavy (non-hydrogen) atoms. The van der Waals surface area contributed by atoms with Gasteiger partial charge < -0.3 is 4.79 Å². The smallest absolute Gasteiger partial charge is 0.130 e. The van der Waals surface area contributed by atoms with Crippen molar-refractivity contribution in [1.82, 2.24) is 4.98 Å². The van der Waals surface area contributed by atoms with E-state index in [9.17, 15) is 4.79 Å². The Balaban J connectivity index is 2.16. The molecule has 1 heterocycles.